The summed E-state index contributed by atoms with van der Waals surface area (Å²) in [5.41, 5.74) is 0.0386. The van der Waals surface area contributed by atoms with Gasteiger partial charge < -0.3 is 4.52 Å². The summed E-state index contributed by atoms with van der Waals surface area (Å²) in [6.45, 7) is 2.69. The van der Waals surface area contributed by atoms with E-state index >= 15 is 0 Å². The molecule has 0 bridgehead atoms. The van der Waals surface area contributed by atoms with Gasteiger partial charge in [0.1, 0.15) is 11.2 Å². The number of rotatable bonds is 9. The minimum atomic E-state index is -2.71. The van der Waals surface area contributed by atoms with Gasteiger partial charge in [-0.3, -0.25) is 4.57 Å². The summed E-state index contributed by atoms with van der Waals surface area (Å²) in [5, 5.41) is 0. The molecule has 0 saturated carbocycles. The topological polar surface area (TPSA) is 26.3 Å². The van der Waals surface area contributed by atoms with Crippen molar-refractivity contribution >= 4 is 30.6 Å². The van der Waals surface area contributed by atoms with E-state index in [1.807, 2.05) is 0 Å². The predicted octanol–water partition coefficient (Wildman–Crippen LogP) is 4.64. The van der Waals surface area contributed by atoms with Gasteiger partial charge in [0.05, 0.1) is 6.61 Å². The monoisotopic (exact) mass is 260 g/mol. The lowest BCUT2D eigenvalue weighted by Gasteiger charge is -2.12. The molecule has 0 spiro atoms. The molecule has 0 atom stereocenters. The molecule has 0 fully saturated rings. The van der Waals surface area contributed by atoms with Crippen LogP contribution >= 0.6 is 30.6 Å². The molecule has 0 saturated heterocycles. The maximum atomic E-state index is 11.6. The summed E-state index contributed by atoms with van der Waals surface area (Å²) < 4.78 is 16.8. The van der Waals surface area contributed by atoms with Crippen LogP contribution in [-0.4, -0.2) is 17.8 Å². The Balaban J connectivity index is 3.39. The Morgan fingerprint density at radius 3 is 2.14 bits per heavy atom. The third-order valence-electron chi connectivity index (χ3n) is 1.94. The van der Waals surface area contributed by atoms with E-state index in [2.05, 4.69) is 6.92 Å². The van der Waals surface area contributed by atoms with Gasteiger partial charge >= 0.3 is 0 Å². The zero-order valence-corrected chi connectivity index (χ0v) is 11.1. The van der Waals surface area contributed by atoms with E-state index in [4.69, 9.17) is 27.7 Å². The van der Waals surface area contributed by atoms with E-state index in [0.29, 0.717) is 6.61 Å². The first kappa shape index (κ1) is 14.8. The summed E-state index contributed by atoms with van der Waals surface area (Å²) in [4.78, 5) is 0. The van der Waals surface area contributed by atoms with Crippen LogP contribution in [0.2, 0.25) is 0 Å². The SMILES string of the molecule is CCCCCCCOP(=O)(CCl)CCl. The molecule has 14 heavy (non-hydrogen) atoms. The van der Waals surface area contributed by atoms with Crippen molar-refractivity contribution < 1.29 is 9.09 Å². The number of hydrogen-bond acceptors (Lipinski definition) is 2. The van der Waals surface area contributed by atoms with Crippen molar-refractivity contribution in [3.63, 3.8) is 0 Å². The van der Waals surface area contributed by atoms with Crippen molar-refractivity contribution in [1.29, 1.82) is 0 Å². The second-order valence-electron chi connectivity index (χ2n) is 3.30. The zero-order chi connectivity index (χ0) is 10.9. The Kier molecular flexibility index (Phi) is 9.53. The number of alkyl halides is 2. The third kappa shape index (κ3) is 7.11. The Labute approximate surface area is 96.8 Å². The molecule has 0 amide bonds. The molecule has 2 nitrogen and oxygen atoms in total. The van der Waals surface area contributed by atoms with Crippen LogP contribution < -0.4 is 0 Å². The van der Waals surface area contributed by atoms with Gasteiger partial charge in [0.2, 0.25) is 7.37 Å². The molecule has 86 valence electrons. The average Bonchev–Trinajstić information content (AvgIpc) is 2.23. The van der Waals surface area contributed by atoms with Gasteiger partial charge in [0, 0.05) is 0 Å². The highest BCUT2D eigenvalue weighted by atomic mass is 35.5. The third-order valence-corrected chi connectivity index (χ3v) is 5.51. The standard InChI is InChI=1S/C9H19Cl2O2P/c1-2-3-4-5-6-7-13-14(12,8-10)9-11/h2-9H2,1H3. The van der Waals surface area contributed by atoms with Crippen LogP contribution in [0.1, 0.15) is 39.0 Å². The largest absolute Gasteiger partial charge is 0.327 e. The van der Waals surface area contributed by atoms with Crippen molar-refractivity contribution in [3.05, 3.63) is 0 Å². The molecule has 0 N–H and O–H groups in total. The molecule has 0 aliphatic rings. The fourth-order valence-corrected chi connectivity index (χ4v) is 2.88. The highest BCUT2D eigenvalue weighted by Gasteiger charge is 2.19. The number of halogens is 2. The van der Waals surface area contributed by atoms with E-state index < -0.39 is 7.37 Å². The maximum Gasteiger partial charge on any atom is 0.231 e. The molecule has 0 rings (SSSR count). The van der Waals surface area contributed by atoms with Gasteiger partial charge in [-0.15, -0.1) is 23.2 Å². The van der Waals surface area contributed by atoms with E-state index in [1.54, 1.807) is 0 Å². The lowest BCUT2D eigenvalue weighted by Crippen LogP contribution is -1.95. The highest BCUT2D eigenvalue weighted by Crippen LogP contribution is 2.48. The van der Waals surface area contributed by atoms with Gasteiger partial charge in [-0.2, -0.15) is 0 Å². The molecule has 0 heterocycles. The van der Waals surface area contributed by atoms with Crippen LogP contribution in [0.25, 0.3) is 0 Å². The molecule has 0 radical (unpaired) electrons. The smallest absolute Gasteiger partial charge is 0.231 e. The first-order valence-corrected chi connectivity index (χ1v) is 8.09. The van der Waals surface area contributed by atoms with Crippen LogP contribution in [-0.2, 0) is 9.09 Å². The molecular formula is C9H19Cl2O2P. The minimum absolute atomic E-state index is 0.0193. The van der Waals surface area contributed by atoms with Gasteiger partial charge in [0.15, 0.2) is 0 Å². The Morgan fingerprint density at radius 2 is 1.64 bits per heavy atom. The number of unbranched alkanes of at least 4 members (excludes halogenated alkanes) is 4. The fraction of sp³-hybridized carbons (Fsp3) is 1.00. The lowest BCUT2D eigenvalue weighted by molar-refractivity contribution is 0.306. The second kappa shape index (κ2) is 9.03. The van der Waals surface area contributed by atoms with Crippen LogP contribution in [0.3, 0.4) is 0 Å². The molecule has 0 aromatic heterocycles. The Bertz CT molecular complexity index is 168. The van der Waals surface area contributed by atoms with Gasteiger partial charge in [0.25, 0.3) is 0 Å². The van der Waals surface area contributed by atoms with Crippen molar-refractivity contribution in [2.75, 3.05) is 17.8 Å². The molecule has 5 heteroatoms. The number of hydrogen-bond donors (Lipinski definition) is 0. The quantitative estimate of drug-likeness (QED) is 0.343. The first-order chi connectivity index (χ1) is 6.68. The fourth-order valence-electron chi connectivity index (χ4n) is 1.04. The van der Waals surface area contributed by atoms with Crippen LogP contribution in [0.4, 0.5) is 0 Å². The minimum Gasteiger partial charge on any atom is -0.327 e. The van der Waals surface area contributed by atoms with Crippen molar-refractivity contribution in [3.8, 4) is 0 Å². The van der Waals surface area contributed by atoms with Crippen molar-refractivity contribution in [2.45, 2.75) is 39.0 Å². The summed E-state index contributed by atoms with van der Waals surface area (Å²) in [6, 6.07) is 0. The zero-order valence-electron chi connectivity index (χ0n) is 8.68. The van der Waals surface area contributed by atoms with E-state index in [9.17, 15) is 4.57 Å². The van der Waals surface area contributed by atoms with E-state index in [0.717, 1.165) is 12.8 Å². The van der Waals surface area contributed by atoms with Crippen molar-refractivity contribution in [2.24, 2.45) is 0 Å². The lowest BCUT2D eigenvalue weighted by atomic mass is 10.2. The van der Waals surface area contributed by atoms with E-state index in [1.165, 1.54) is 19.3 Å². The summed E-state index contributed by atoms with van der Waals surface area (Å²) >= 11 is 11.0. The van der Waals surface area contributed by atoms with Gasteiger partial charge in [-0.25, -0.2) is 0 Å². The van der Waals surface area contributed by atoms with Gasteiger partial charge in [-0.1, -0.05) is 32.6 Å². The van der Waals surface area contributed by atoms with Crippen LogP contribution in [0, 0.1) is 0 Å². The normalized spacial score (nSPS) is 11.9. The average molecular weight is 261 g/mol. The molecule has 0 aliphatic carbocycles. The summed E-state index contributed by atoms with van der Waals surface area (Å²) in [5.74, 6) is 0. The first-order valence-electron chi connectivity index (χ1n) is 5.03. The van der Waals surface area contributed by atoms with Gasteiger partial charge in [-0.05, 0) is 6.42 Å². The summed E-state index contributed by atoms with van der Waals surface area (Å²) in [7, 11) is -2.71. The van der Waals surface area contributed by atoms with Crippen molar-refractivity contribution in [1.82, 2.24) is 0 Å². The highest BCUT2D eigenvalue weighted by molar-refractivity contribution is 7.62. The molecule has 0 unspecified atom stereocenters. The molecule has 0 aliphatic heterocycles. The summed E-state index contributed by atoms with van der Waals surface area (Å²) in [6.07, 6.45) is 5.76. The molecular weight excluding hydrogens is 242 g/mol. The Morgan fingerprint density at radius 1 is 1.07 bits per heavy atom. The van der Waals surface area contributed by atoms with Crippen LogP contribution in [0.5, 0.6) is 0 Å². The van der Waals surface area contributed by atoms with E-state index in [-0.39, 0.29) is 11.2 Å². The molecule has 0 aromatic carbocycles. The maximum absolute atomic E-state index is 11.6. The second-order valence-corrected chi connectivity index (χ2v) is 7.10. The predicted molar refractivity (Wildman–Crippen MR) is 63.8 cm³/mol. The molecule has 0 aromatic rings. The Hall–Kier alpha value is 0.770. The van der Waals surface area contributed by atoms with Crippen LogP contribution in [0.15, 0.2) is 0 Å².